The van der Waals surface area contributed by atoms with Crippen LogP contribution in [0.25, 0.3) is 0 Å². The Kier molecular flexibility index (Phi) is 1.26. The molecule has 0 N–H and O–H groups in total. The van der Waals surface area contributed by atoms with E-state index in [-0.39, 0.29) is 5.56 Å². The van der Waals surface area contributed by atoms with Crippen LogP contribution in [0.5, 0.6) is 0 Å². The van der Waals surface area contributed by atoms with Crippen LogP contribution in [-0.2, 0) is 4.74 Å². The van der Waals surface area contributed by atoms with Gasteiger partial charge >= 0.3 is 0 Å². The molecule has 0 aromatic carbocycles. The second-order valence-electron chi connectivity index (χ2n) is 2.20. The van der Waals surface area contributed by atoms with Gasteiger partial charge in [0.25, 0.3) is 0 Å². The van der Waals surface area contributed by atoms with E-state index >= 15 is 0 Å². The summed E-state index contributed by atoms with van der Waals surface area (Å²) in [4.78, 5) is 0. The summed E-state index contributed by atoms with van der Waals surface area (Å²) in [6.45, 7) is 4.21. The molecule has 1 rings (SSSR count). The SMILES string of the molecule is CC(C)C1OC1Cl. The van der Waals surface area contributed by atoms with Crippen LogP contribution in [0.15, 0.2) is 0 Å². The van der Waals surface area contributed by atoms with E-state index in [1.807, 2.05) is 0 Å². The number of rotatable bonds is 1. The molecule has 0 bridgehead atoms. The molecular weight excluding hydrogens is 112 g/mol. The molecule has 0 aliphatic carbocycles. The molecule has 1 nitrogen and oxygen atoms in total. The van der Waals surface area contributed by atoms with Gasteiger partial charge in [0.2, 0.25) is 0 Å². The van der Waals surface area contributed by atoms with E-state index in [1.54, 1.807) is 0 Å². The maximum Gasteiger partial charge on any atom is 0.158 e. The van der Waals surface area contributed by atoms with E-state index in [9.17, 15) is 0 Å². The Labute approximate surface area is 48.6 Å². The molecule has 1 heterocycles. The summed E-state index contributed by atoms with van der Waals surface area (Å²) in [5.74, 6) is 0.586. The lowest BCUT2D eigenvalue weighted by Gasteiger charge is -1.91. The van der Waals surface area contributed by atoms with E-state index in [2.05, 4.69) is 13.8 Å². The smallest absolute Gasteiger partial charge is 0.158 e. The number of hydrogen-bond acceptors (Lipinski definition) is 1. The minimum atomic E-state index is 0.0139. The summed E-state index contributed by atoms with van der Waals surface area (Å²) in [6, 6.07) is 0. The maximum atomic E-state index is 5.52. The Morgan fingerprint density at radius 1 is 1.57 bits per heavy atom. The van der Waals surface area contributed by atoms with Crippen LogP contribution in [0, 0.1) is 5.92 Å². The normalized spacial score (nSPS) is 39.4. The predicted molar refractivity (Wildman–Crippen MR) is 29.4 cm³/mol. The molecule has 0 aromatic rings. The molecule has 42 valence electrons. The minimum Gasteiger partial charge on any atom is -0.352 e. The average Bonchev–Trinajstić information content (AvgIpc) is 2.17. The molecule has 2 unspecified atom stereocenters. The molecule has 0 saturated carbocycles. The summed E-state index contributed by atoms with van der Waals surface area (Å²) >= 11 is 5.52. The first kappa shape index (κ1) is 5.39. The quantitative estimate of drug-likeness (QED) is 0.378. The third kappa shape index (κ3) is 1.07. The van der Waals surface area contributed by atoms with Crippen molar-refractivity contribution in [2.75, 3.05) is 0 Å². The third-order valence-electron chi connectivity index (χ3n) is 1.13. The molecule has 1 fully saturated rings. The van der Waals surface area contributed by atoms with Gasteiger partial charge < -0.3 is 4.74 Å². The molecule has 1 saturated heterocycles. The molecule has 2 atom stereocenters. The minimum absolute atomic E-state index is 0.0139. The standard InChI is InChI=1S/C5H9ClO/c1-3(2)4-5(6)7-4/h3-5H,1-2H3. The third-order valence-corrected chi connectivity index (χ3v) is 1.48. The van der Waals surface area contributed by atoms with Crippen LogP contribution in [-0.4, -0.2) is 11.7 Å². The fourth-order valence-corrected chi connectivity index (χ4v) is 0.974. The van der Waals surface area contributed by atoms with Crippen molar-refractivity contribution in [1.29, 1.82) is 0 Å². The molecule has 0 amide bonds. The van der Waals surface area contributed by atoms with Gasteiger partial charge in [-0.05, 0) is 5.92 Å². The topological polar surface area (TPSA) is 12.5 Å². The van der Waals surface area contributed by atoms with Crippen LogP contribution in [0.2, 0.25) is 0 Å². The molecule has 1 aliphatic rings. The highest BCUT2D eigenvalue weighted by atomic mass is 35.5. The van der Waals surface area contributed by atoms with Gasteiger partial charge in [-0.25, -0.2) is 0 Å². The summed E-state index contributed by atoms with van der Waals surface area (Å²) in [6.07, 6.45) is 0.335. The number of epoxide rings is 1. The summed E-state index contributed by atoms with van der Waals surface area (Å²) in [7, 11) is 0. The second kappa shape index (κ2) is 1.64. The van der Waals surface area contributed by atoms with Crippen molar-refractivity contribution in [2.45, 2.75) is 25.5 Å². The van der Waals surface area contributed by atoms with E-state index in [4.69, 9.17) is 16.3 Å². The van der Waals surface area contributed by atoms with E-state index in [0.717, 1.165) is 0 Å². The van der Waals surface area contributed by atoms with E-state index in [0.29, 0.717) is 12.0 Å². The average molecular weight is 121 g/mol. The van der Waals surface area contributed by atoms with Crippen molar-refractivity contribution in [3.63, 3.8) is 0 Å². The van der Waals surface area contributed by atoms with Crippen molar-refractivity contribution in [1.82, 2.24) is 0 Å². The van der Waals surface area contributed by atoms with Crippen LogP contribution in [0.3, 0.4) is 0 Å². The highest BCUT2D eigenvalue weighted by Gasteiger charge is 2.38. The molecule has 0 radical (unpaired) electrons. The second-order valence-corrected chi connectivity index (χ2v) is 2.63. The van der Waals surface area contributed by atoms with Gasteiger partial charge in [-0.3, -0.25) is 0 Å². The van der Waals surface area contributed by atoms with E-state index < -0.39 is 0 Å². The Balaban J connectivity index is 2.20. The van der Waals surface area contributed by atoms with Crippen molar-refractivity contribution in [3.05, 3.63) is 0 Å². The maximum absolute atomic E-state index is 5.52. The van der Waals surface area contributed by atoms with Gasteiger partial charge in [-0.1, -0.05) is 25.4 Å². The van der Waals surface area contributed by atoms with Gasteiger partial charge in [0, 0.05) is 0 Å². The van der Waals surface area contributed by atoms with Crippen LogP contribution in [0.4, 0.5) is 0 Å². The van der Waals surface area contributed by atoms with Gasteiger partial charge in [0.05, 0.1) is 0 Å². The van der Waals surface area contributed by atoms with Crippen molar-refractivity contribution >= 4 is 11.6 Å². The Morgan fingerprint density at radius 2 is 2.00 bits per heavy atom. The first-order valence-corrected chi connectivity index (χ1v) is 2.95. The van der Waals surface area contributed by atoms with Gasteiger partial charge in [0.1, 0.15) is 6.10 Å². The largest absolute Gasteiger partial charge is 0.352 e. The number of ether oxygens (including phenoxy) is 1. The lowest BCUT2D eigenvalue weighted by molar-refractivity contribution is 0.350. The Hall–Kier alpha value is 0.250. The summed E-state index contributed by atoms with van der Waals surface area (Å²) in [5, 5.41) is 0. The monoisotopic (exact) mass is 120 g/mol. The predicted octanol–water partition coefficient (Wildman–Crippen LogP) is 1.61. The van der Waals surface area contributed by atoms with E-state index in [1.165, 1.54) is 0 Å². The molecular formula is C5H9ClO. The zero-order chi connectivity index (χ0) is 5.44. The Bertz CT molecular complexity index is 72.5. The molecule has 1 aliphatic heterocycles. The fourth-order valence-electron chi connectivity index (χ4n) is 0.565. The van der Waals surface area contributed by atoms with Crippen molar-refractivity contribution in [2.24, 2.45) is 5.92 Å². The van der Waals surface area contributed by atoms with Crippen molar-refractivity contribution in [3.8, 4) is 0 Å². The zero-order valence-electron chi connectivity index (χ0n) is 4.52. The first-order chi connectivity index (χ1) is 3.22. The van der Waals surface area contributed by atoms with Crippen LogP contribution in [0.1, 0.15) is 13.8 Å². The van der Waals surface area contributed by atoms with Crippen LogP contribution < -0.4 is 0 Å². The fraction of sp³-hybridized carbons (Fsp3) is 1.00. The van der Waals surface area contributed by atoms with Gasteiger partial charge in [-0.2, -0.15) is 0 Å². The Morgan fingerprint density at radius 3 is 2.00 bits per heavy atom. The lowest BCUT2D eigenvalue weighted by atomic mass is 10.2. The lowest BCUT2D eigenvalue weighted by Crippen LogP contribution is -1.97. The van der Waals surface area contributed by atoms with Crippen molar-refractivity contribution < 1.29 is 4.74 Å². The number of alkyl halides is 1. The highest BCUT2D eigenvalue weighted by molar-refractivity contribution is 6.21. The number of halogens is 1. The zero-order valence-corrected chi connectivity index (χ0v) is 5.27. The summed E-state index contributed by atoms with van der Waals surface area (Å²) in [5.41, 5.74) is 0.0139. The molecule has 7 heavy (non-hydrogen) atoms. The number of hydrogen-bond donors (Lipinski definition) is 0. The molecule has 0 aromatic heterocycles. The molecule has 2 heteroatoms. The molecule has 0 spiro atoms. The van der Waals surface area contributed by atoms with Gasteiger partial charge in [0.15, 0.2) is 5.56 Å². The van der Waals surface area contributed by atoms with Gasteiger partial charge in [-0.15, -0.1) is 0 Å². The first-order valence-electron chi connectivity index (χ1n) is 2.51. The van der Waals surface area contributed by atoms with Crippen LogP contribution >= 0.6 is 11.6 Å². The highest BCUT2D eigenvalue weighted by Crippen LogP contribution is 2.31. The summed E-state index contributed by atoms with van der Waals surface area (Å²) < 4.78 is 4.94.